The summed E-state index contributed by atoms with van der Waals surface area (Å²) in [6.45, 7) is 8.34. The molecular weight excluding hydrogens is 222 g/mol. The summed E-state index contributed by atoms with van der Waals surface area (Å²) in [5.41, 5.74) is 3.91. The molecule has 0 radical (unpaired) electrons. The molecule has 0 aliphatic rings. The van der Waals surface area contributed by atoms with Crippen molar-refractivity contribution in [2.75, 3.05) is 6.54 Å². The van der Waals surface area contributed by atoms with Gasteiger partial charge in [-0.1, -0.05) is 31.2 Å². The highest BCUT2D eigenvalue weighted by Crippen LogP contribution is 2.22. The van der Waals surface area contributed by atoms with Gasteiger partial charge in [0.05, 0.1) is 18.1 Å². The molecule has 1 aromatic carbocycles. The molecule has 3 nitrogen and oxygen atoms in total. The summed E-state index contributed by atoms with van der Waals surface area (Å²) in [6.07, 6.45) is 3.86. The lowest BCUT2D eigenvalue weighted by Gasteiger charge is -2.19. The average Bonchev–Trinajstić information content (AvgIpc) is 2.84. The maximum absolute atomic E-state index is 4.27. The van der Waals surface area contributed by atoms with Crippen LogP contribution in [-0.4, -0.2) is 16.1 Å². The van der Waals surface area contributed by atoms with Gasteiger partial charge in [-0.3, -0.25) is 0 Å². The molecule has 0 fully saturated rings. The lowest BCUT2D eigenvalue weighted by molar-refractivity contribution is 0.580. The predicted molar refractivity (Wildman–Crippen MR) is 74.6 cm³/mol. The van der Waals surface area contributed by atoms with Crippen LogP contribution >= 0.6 is 0 Å². The largest absolute Gasteiger partial charge is 0.326 e. The molecule has 0 saturated carbocycles. The standard InChI is InChI=1S/C15H21N3/c1-4-16-9-14-10-17-11-18(14)13(3)15-8-6-5-7-12(15)2/h5-8,10-11,13,16H,4,9H2,1-3H3. The van der Waals surface area contributed by atoms with Crippen LogP contribution in [0, 0.1) is 6.92 Å². The Hall–Kier alpha value is -1.61. The Kier molecular flexibility index (Phi) is 4.15. The number of rotatable bonds is 5. The molecule has 0 spiro atoms. The minimum absolute atomic E-state index is 0.322. The molecule has 1 atom stereocenters. The molecule has 18 heavy (non-hydrogen) atoms. The van der Waals surface area contributed by atoms with Gasteiger partial charge in [-0.15, -0.1) is 0 Å². The minimum Gasteiger partial charge on any atom is -0.326 e. The number of hydrogen-bond acceptors (Lipinski definition) is 2. The molecule has 0 amide bonds. The highest BCUT2D eigenvalue weighted by Gasteiger charge is 2.12. The number of nitrogens with zero attached hydrogens (tertiary/aromatic N) is 2. The first kappa shape index (κ1) is 12.8. The Balaban J connectivity index is 2.26. The Bertz CT molecular complexity index is 502. The molecule has 0 saturated heterocycles. The second kappa shape index (κ2) is 5.83. The normalized spacial score (nSPS) is 12.6. The third kappa shape index (κ3) is 2.62. The molecule has 0 aliphatic carbocycles. The molecule has 2 rings (SSSR count). The van der Waals surface area contributed by atoms with Crippen LogP contribution in [0.15, 0.2) is 36.8 Å². The van der Waals surface area contributed by atoms with Gasteiger partial charge in [0.15, 0.2) is 0 Å². The smallest absolute Gasteiger partial charge is 0.0954 e. The fourth-order valence-corrected chi connectivity index (χ4v) is 2.28. The van der Waals surface area contributed by atoms with Crippen molar-refractivity contribution < 1.29 is 0 Å². The van der Waals surface area contributed by atoms with Crippen molar-refractivity contribution in [2.24, 2.45) is 0 Å². The predicted octanol–water partition coefficient (Wildman–Crippen LogP) is 2.91. The van der Waals surface area contributed by atoms with Gasteiger partial charge in [0.1, 0.15) is 0 Å². The molecule has 96 valence electrons. The minimum atomic E-state index is 0.322. The summed E-state index contributed by atoms with van der Waals surface area (Å²) < 4.78 is 2.24. The van der Waals surface area contributed by atoms with Gasteiger partial charge in [0.25, 0.3) is 0 Å². The Labute approximate surface area is 109 Å². The number of nitrogens with one attached hydrogen (secondary N) is 1. The van der Waals surface area contributed by atoms with Crippen LogP contribution in [0.1, 0.15) is 36.7 Å². The number of hydrogen-bond donors (Lipinski definition) is 1. The lowest BCUT2D eigenvalue weighted by Crippen LogP contribution is -2.17. The summed E-state index contributed by atoms with van der Waals surface area (Å²) in [5, 5.41) is 3.35. The SMILES string of the molecule is CCNCc1cncn1C(C)c1ccccc1C. The zero-order chi connectivity index (χ0) is 13.0. The molecular formula is C15H21N3. The Morgan fingerprint density at radius 3 is 2.83 bits per heavy atom. The first-order valence-corrected chi connectivity index (χ1v) is 6.51. The van der Waals surface area contributed by atoms with Crippen molar-refractivity contribution in [1.29, 1.82) is 0 Å². The maximum atomic E-state index is 4.27. The van der Waals surface area contributed by atoms with E-state index in [2.05, 4.69) is 59.9 Å². The van der Waals surface area contributed by atoms with E-state index in [1.807, 2.05) is 12.5 Å². The van der Waals surface area contributed by atoms with Crippen molar-refractivity contribution in [3.63, 3.8) is 0 Å². The molecule has 1 aromatic heterocycles. The van der Waals surface area contributed by atoms with Gasteiger partial charge >= 0.3 is 0 Å². The molecule has 0 bridgehead atoms. The zero-order valence-electron chi connectivity index (χ0n) is 11.4. The second-order valence-corrected chi connectivity index (χ2v) is 4.61. The summed E-state index contributed by atoms with van der Waals surface area (Å²) in [6, 6.07) is 8.85. The first-order chi connectivity index (χ1) is 8.74. The fraction of sp³-hybridized carbons (Fsp3) is 0.400. The van der Waals surface area contributed by atoms with Crippen LogP contribution in [0.3, 0.4) is 0 Å². The quantitative estimate of drug-likeness (QED) is 0.875. The van der Waals surface area contributed by atoms with Crippen LogP contribution in [0.25, 0.3) is 0 Å². The molecule has 1 heterocycles. The second-order valence-electron chi connectivity index (χ2n) is 4.61. The van der Waals surface area contributed by atoms with E-state index < -0.39 is 0 Å². The Morgan fingerprint density at radius 2 is 2.11 bits per heavy atom. The van der Waals surface area contributed by atoms with Crippen LogP contribution in [0.5, 0.6) is 0 Å². The third-order valence-electron chi connectivity index (χ3n) is 3.36. The highest BCUT2D eigenvalue weighted by molar-refractivity contribution is 5.29. The van der Waals surface area contributed by atoms with Gasteiger partial charge in [-0.05, 0) is 31.5 Å². The summed E-state index contributed by atoms with van der Waals surface area (Å²) in [5.74, 6) is 0. The van der Waals surface area contributed by atoms with E-state index in [4.69, 9.17) is 0 Å². The first-order valence-electron chi connectivity index (χ1n) is 6.51. The van der Waals surface area contributed by atoms with Crippen LogP contribution < -0.4 is 5.32 Å². The van der Waals surface area contributed by atoms with Gasteiger partial charge in [0, 0.05) is 12.7 Å². The van der Waals surface area contributed by atoms with E-state index in [0.717, 1.165) is 13.1 Å². The van der Waals surface area contributed by atoms with E-state index in [1.165, 1.54) is 16.8 Å². The summed E-state index contributed by atoms with van der Waals surface area (Å²) >= 11 is 0. The van der Waals surface area contributed by atoms with E-state index in [0.29, 0.717) is 6.04 Å². The highest BCUT2D eigenvalue weighted by atomic mass is 15.1. The molecule has 1 unspecified atom stereocenters. The van der Waals surface area contributed by atoms with E-state index in [-0.39, 0.29) is 0 Å². The van der Waals surface area contributed by atoms with Crippen molar-refractivity contribution >= 4 is 0 Å². The maximum Gasteiger partial charge on any atom is 0.0954 e. The monoisotopic (exact) mass is 243 g/mol. The number of imidazole rings is 1. The van der Waals surface area contributed by atoms with Crippen molar-refractivity contribution in [2.45, 2.75) is 33.4 Å². The van der Waals surface area contributed by atoms with Crippen molar-refractivity contribution in [3.8, 4) is 0 Å². The van der Waals surface area contributed by atoms with Crippen LogP contribution in [0.4, 0.5) is 0 Å². The van der Waals surface area contributed by atoms with E-state index in [9.17, 15) is 0 Å². The number of benzene rings is 1. The summed E-state index contributed by atoms with van der Waals surface area (Å²) in [4.78, 5) is 4.27. The topological polar surface area (TPSA) is 29.9 Å². The summed E-state index contributed by atoms with van der Waals surface area (Å²) in [7, 11) is 0. The Morgan fingerprint density at radius 1 is 1.33 bits per heavy atom. The van der Waals surface area contributed by atoms with E-state index >= 15 is 0 Å². The molecule has 2 aromatic rings. The van der Waals surface area contributed by atoms with Gasteiger partial charge in [-0.2, -0.15) is 0 Å². The zero-order valence-corrected chi connectivity index (χ0v) is 11.4. The van der Waals surface area contributed by atoms with Crippen LogP contribution in [0.2, 0.25) is 0 Å². The van der Waals surface area contributed by atoms with Gasteiger partial charge in [-0.25, -0.2) is 4.98 Å². The number of aryl methyl sites for hydroxylation is 1. The van der Waals surface area contributed by atoms with Crippen LogP contribution in [-0.2, 0) is 6.54 Å². The fourth-order valence-electron chi connectivity index (χ4n) is 2.28. The van der Waals surface area contributed by atoms with Gasteiger partial charge < -0.3 is 9.88 Å². The average molecular weight is 243 g/mol. The third-order valence-corrected chi connectivity index (χ3v) is 3.36. The van der Waals surface area contributed by atoms with Crippen molar-refractivity contribution in [1.82, 2.24) is 14.9 Å². The molecule has 0 aliphatic heterocycles. The molecule has 3 heteroatoms. The van der Waals surface area contributed by atoms with Crippen molar-refractivity contribution in [3.05, 3.63) is 53.6 Å². The lowest BCUT2D eigenvalue weighted by atomic mass is 10.0. The number of aromatic nitrogens is 2. The van der Waals surface area contributed by atoms with Gasteiger partial charge in [0.2, 0.25) is 0 Å². The molecule has 1 N–H and O–H groups in total. The van der Waals surface area contributed by atoms with E-state index in [1.54, 1.807) is 0 Å².